The number of H-pyrrole nitrogens is 1. The van der Waals surface area contributed by atoms with Crippen LogP contribution < -0.4 is 4.90 Å². The van der Waals surface area contributed by atoms with E-state index in [4.69, 9.17) is 0 Å². The summed E-state index contributed by atoms with van der Waals surface area (Å²) in [4.78, 5) is 31.9. The van der Waals surface area contributed by atoms with Gasteiger partial charge in [-0.15, -0.1) is 0 Å². The van der Waals surface area contributed by atoms with Crippen molar-refractivity contribution in [2.45, 2.75) is 45.7 Å². The molecule has 2 bridgehead atoms. The molecule has 2 amide bonds. The fourth-order valence-electron chi connectivity index (χ4n) is 4.71. The molecule has 154 valence electrons. The van der Waals surface area contributed by atoms with Gasteiger partial charge in [-0.3, -0.25) is 19.6 Å². The Balaban J connectivity index is 1.35. The van der Waals surface area contributed by atoms with Gasteiger partial charge in [-0.25, -0.2) is 0 Å². The first-order valence-electron chi connectivity index (χ1n) is 10.4. The Kier molecular flexibility index (Phi) is 5.41. The lowest BCUT2D eigenvalue weighted by atomic mass is 10.1. The monoisotopic (exact) mass is 395 g/mol. The molecule has 0 aliphatic carbocycles. The van der Waals surface area contributed by atoms with Gasteiger partial charge in [-0.1, -0.05) is 18.2 Å². The number of hydrogen-bond acceptors (Lipinski definition) is 4. The molecule has 0 radical (unpaired) electrons. The van der Waals surface area contributed by atoms with E-state index in [0.29, 0.717) is 26.1 Å². The lowest BCUT2D eigenvalue weighted by Crippen LogP contribution is -2.52. The summed E-state index contributed by atoms with van der Waals surface area (Å²) < 4.78 is 0. The average Bonchev–Trinajstić information content (AvgIpc) is 3.39. The van der Waals surface area contributed by atoms with E-state index in [1.165, 1.54) is 0 Å². The van der Waals surface area contributed by atoms with Crippen LogP contribution >= 0.6 is 0 Å². The van der Waals surface area contributed by atoms with Crippen molar-refractivity contribution in [1.29, 1.82) is 0 Å². The lowest BCUT2D eigenvalue weighted by molar-refractivity contribution is -0.133. The van der Waals surface area contributed by atoms with Crippen LogP contribution in [0.1, 0.15) is 30.3 Å². The second-order valence-electron chi connectivity index (χ2n) is 8.08. The molecule has 2 atom stereocenters. The van der Waals surface area contributed by atoms with Gasteiger partial charge in [0, 0.05) is 48.7 Å². The molecule has 3 heterocycles. The van der Waals surface area contributed by atoms with Crippen molar-refractivity contribution in [2.24, 2.45) is 0 Å². The van der Waals surface area contributed by atoms with Crippen LogP contribution in [0.3, 0.4) is 0 Å². The first-order valence-corrected chi connectivity index (χ1v) is 10.4. The van der Waals surface area contributed by atoms with E-state index < -0.39 is 0 Å². The van der Waals surface area contributed by atoms with Crippen LogP contribution in [0.2, 0.25) is 0 Å². The number of benzene rings is 1. The molecule has 4 rings (SSSR count). The highest BCUT2D eigenvalue weighted by Crippen LogP contribution is 2.31. The number of piperazine rings is 1. The van der Waals surface area contributed by atoms with Crippen LogP contribution in [0.5, 0.6) is 0 Å². The van der Waals surface area contributed by atoms with Crippen molar-refractivity contribution in [3.05, 3.63) is 47.3 Å². The number of carbonyl (C=O) groups excluding carboxylic acids is 2. The predicted octanol–water partition coefficient (Wildman–Crippen LogP) is 1.91. The van der Waals surface area contributed by atoms with Gasteiger partial charge in [0.05, 0.1) is 18.7 Å². The van der Waals surface area contributed by atoms with Crippen LogP contribution in [-0.4, -0.2) is 70.1 Å². The molecular weight excluding hydrogens is 366 g/mol. The molecule has 2 aliphatic heterocycles. The number of aryl methyl sites for hydroxylation is 2. The number of aromatic amines is 1. The molecule has 0 saturated carbocycles. The van der Waals surface area contributed by atoms with Crippen LogP contribution in [-0.2, 0) is 16.0 Å². The normalized spacial score (nSPS) is 21.0. The van der Waals surface area contributed by atoms with Gasteiger partial charge in [0.15, 0.2) is 0 Å². The minimum atomic E-state index is 0.119. The second-order valence-corrected chi connectivity index (χ2v) is 8.08. The van der Waals surface area contributed by atoms with E-state index in [-0.39, 0.29) is 23.9 Å². The molecule has 1 N–H and O–H groups in total. The number of carbonyl (C=O) groups is 2. The number of fused-ring (bicyclic) bond motifs is 2. The molecule has 1 aromatic heterocycles. The van der Waals surface area contributed by atoms with Gasteiger partial charge in [0.2, 0.25) is 11.8 Å². The number of para-hydroxylation sites is 1. The number of hydrogen-bond donors (Lipinski definition) is 1. The Morgan fingerprint density at radius 2 is 1.93 bits per heavy atom. The minimum absolute atomic E-state index is 0.119. The fourth-order valence-corrected chi connectivity index (χ4v) is 4.71. The zero-order valence-corrected chi connectivity index (χ0v) is 17.4. The van der Waals surface area contributed by atoms with E-state index in [0.717, 1.165) is 35.6 Å². The van der Waals surface area contributed by atoms with Gasteiger partial charge in [-0.2, -0.15) is 5.10 Å². The number of likely N-dealkylation sites (N-methyl/N-ethyl adjacent to an activating group) is 1. The second kappa shape index (κ2) is 7.99. The molecule has 2 aromatic rings. The summed E-state index contributed by atoms with van der Waals surface area (Å²) in [6, 6.07) is 10.3. The summed E-state index contributed by atoms with van der Waals surface area (Å²) in [5.74, 6) is 0.282. The summed E-state index contributed by atoms with van der Waals surface area (Å²) in [6.45, 7) is 8.44. The quantitative estimate of drug-likeness (QED) is 0.811. The van der Waals surface area contributed by atoms with E-state index in [1.807, 2.05) is 60.9 Å². The highest BCUT2D eigenvalue weighted by atomic mass is 16.2. The van der Waals surface area contributed by atoms with Crippen molar-refractivity contribution < 1.29 is 9.59 Å². The Labute approximate surface area is 171 Å². The van der Waals surface area contributed by atoms with E-state index in [2.05, 4.69) is 15.1 Å². The fraction of sp³-hybridized carbons (Fsp3) is 0.500. The van der Waals surface area contributed by atoms with Crippen LogP contribution in [0.4, 0.5) is 5.69 Å². The summed E-state index contributed by atoms with van der Waals surface area (Å²) in [7, 11) is 0. The Morgan fingerprint density at radius 3 is 2.52 bits per heavy atom. The molecule has 29 heavy (non-hydrogen) atoms. The molecular formula is C22H29N5O2. The highest BCUT2D eigenvalue weighted by Gasteiger charge is 2.45. The molecule has 7 nitrogen and oxygen atoms in total. The van der Waals surface area contributed by atoms with Crippen LogP contribution in [0.15, 0.2) is 30.3 Å². The molecule has 2 saturated heterocycles. The highest BCUT2D eigenvalue weighted by molar-refractivity contribution is 5.94. The maximum Gasteiger partial charge on any atom is 0.241 e. The van der Waals surface area contributed by atoms with Crippen molar-refractivity contribution >= 4 is 17.5 Å². The van der Waals surface area contributed by atoms with Crippen molar-refractivity contribution in [3.8, 4) is 0 Å². The number of aromatic nitrogens is 2. The van der Waals surface area contributed by atoms with E-state index in [1.54, 1.807) is 0 Å². The molecule has 2 aliphatic rings. The Hall–Kier alpha value is -2.67. The maximum atomic E-state index is 12.9. The predicted molar refractivity (Wildman–Crippen MR) is 112 cm³/mol. The molecule has 0 unspecified atom stereocenters. The number of nitrogens with one attached hydrogen (secondary N) is 1. The summed E-state index contributed by atoms with van der Waals surface area (Å²) >= 11 is 0. The Bertz CT molecular complexity index is 874. The van der Waals surface area contributed by atoms with Gasteiger partial charge in [0.1, 0.15) is 0 Å². The zero-order valence-electron chi connectivity index (χ0n) is 17.4. The summed E-state index contributed by atoms with van der Waals surface area (Å²) in [5, 5.41) is 7.15. The molecule has 2 fully saturated rings. The van der Waals surface area contributed by atoms with E-state index >= 15 is 0 Å². The summed E-state index contributed by atoms with van der Waals surface area (Å²) in [5.41, 5.74) is 3.80. The van der Waals surface area contributed by atoms with Gasteiger partial charge in [-0.05, 0) is 39.3 Å². The maximum absolute atomic E-state index is 12.9. The Morgan fingerprint density at radius 1 is 1.17 bits per heavy atom. The molecule has 0 spiro atoms. The van der Waals surface area contributed by atoms with Crippen LogP contribution in [0, 0.1) is 13.8 Å². The number of likely N-dealkylation sites (tertiary alicyclic amines) is 2. The number of anilines is 1. The topological polar surface area (TPSA) is 72.5 Å². The third-order valence-corrected chi connectivity index (χ3v) is 6.31. The SMILES string of the molecule is CCN(C(=O)CN1C[C@@H]2C[C@H]1CN2C(=O)Cc1c(C)n[nH]c1C)c1ccccc1. The minimum Gasteiger partial charge on any atom is -0.337 e. The average molecular weight is 396 g/mol. The van der Waals surface area contributed by atoms with Gasteiger partial charge >= 0.3 is 0 Å². The largest absolute Gasteiger partial charge is 0.337 e. The number of amides is 2. The molecule has 1 aromatic carbocycles. The first kappa shape index (κ1) is 19.6. The smallest absolute Gasteiger partial charge is 0.241 e. The van der Waals surface area contributed by atoms with Gasteiger partial charge in [0.25, 0.3) is 0 Å². The van der Waals surface area contributed by atoms with Gasteiger partial charge < -0.3 is 9.80 Å². The third kappa shape index (κ3) is 3.79. The number of rotatable bonds is 6. The summed E-state index contributed by atoms with van der Waals surface area (Å²) in [6.07, 6.45) is 1.35. The zero-order chi connectivity index (χ0) is 20.5. The van der Waals surface area contributed by atoms with Crippen molar-refractivity contribution in [2.75, 3.05) is 31.1 Å². The molecule has 7 heteroatoms. The van der Waals surface area contributed by atoms with E-state index in [9.17, 15) is 9.59 Å². The number of nitrogens with zero attached hydrogens (tertiary/aromatic N) is 4. The lowest BCUT2D eigenvalue weighted by Gasteiger charge is -2.35. The van der Waals surface area contributed by atoms with Crippen molar-refractivity contribution in [1.82, 2.24) is 20.0 Å². The first-order chi connectivity index (χ1) is 14.0. The van der Waals surface area contributed by atoms with Crippen LogP contribution in [0.25, 0.3) is 0 Å². The van der Waals surface area contributed by atoms with Crippen molar-refractivity contribution in [3.63, 3.8) is 0 Å². The standard InChI is InChI=1S/C22H29N5O2/c1-4-26(17-8-6-5-7-9-17)22(29)14-25-12-19-10-18(25)13-27(19)21(28)11-20-15(2)23-24-16(20)3/h5-9,18-19H,4,10-14H2,1-3H3,(H,23,24)/t18-,19-/m0/s1. The third-order valence-electron chi connectivity index (χ3n) is 6.31.